The summed E-state index contributed by atoms with van der Waals surface area (Å²) in [5.41, 5.74) is 1.08. The smallest absolute Gasteiger partial charge is 0.110 e. The molecule has 0 aliphatic carbocycles. The van der Waals surface area contributed by atoms with Crippen LogP contribution in [0, 0.1) is 0 Å². The minimum Gasteiger partial charge on any atom is -0.344 e. The number of anilines is 1. The molecule has 1 aromatic rings. The predicted octanol–water partition coefficient (Wildman–Crippen LogP) is 2.97. The van der Waals surface area contributed by atoms with Crippen molar-refractivity contribution >= 4 is 11.5 Å². The first-order chi connectivity index (χ1) is 6.95. The van der Waals surface area contributed by atoms with Crippen molar-refractivity contribution in [3.8, 4) is 0 Å². The molecule has 1 N–H and O–H groups in total. The summed E-state index contributed by atoms with van der Waals surface area (Å²) < 4.78 is 0. The Morgan fingerprint density at radius 3 is 2.79 bits per heavy atom. The number of amidine groups is 1. The van der Waals surface area contributed by atoms with E-state index in [2.05, 4.69) is 16.4 Å². The molecule has 70 valence electrons. The molecule has 2 nitrogen and oxygen atoms in total. The molecular formula is C12H12N2. The summed E-state index contributed by atoms with van der Waals surface area (Å²) in [5, 5.41) is 3.27. The Labute approximate surface area is 83.7 Å². The first-order valence-corrected chi connectivity index (χ1v) is 4.65. The van der Waals surface area contributed by atoms with Crippen LogP contribution >= 0.6 is 0 Å². The highest BCUT2D eigenvalue weighted by molar-refractivity contribution is 5.96. The highest BCUT2D eigenvalue weighted by atomic mass is 15.0. The zero-order chi connectivity index (χ0) is 9.64. The van der Waals surface area contributed by atoms with Gasteiger partial charge in [0, 0.05) is 18.3 Å². The van der Waals surface area contributed by atoms with Gasteiger partial charge in [-0.15, -0.1) is 0 Å². The summed E-state index contributed by atoms with van der Waals surface area (Å²) in [6, 6.07) is 10.1. The number of rotatable bonds is 1. The minimum atomic E-state index is 0.849. The van der Waals surface area contributed by atoms with Crippen LogP contribution in [0.2, 0.25) is 0 Å². The molecule has 0 radical (unpaired) electrons. The van der Waals surface area contributed by atoms with Crippen LogP contribution in [0.5, 0.6) is 0 Å². The highest BCUT2D eigenvalue weighted by Gasteiger charge is 1.97. The molecule has 1 aliphatic rings. The lowest BCUT2D eigenvalue weighted by molar-refractivity contribution is 1.40. The van der Waals surface area contributed by atoms with Gasteiger partial charge in [0.1, 0.15) is 5.84 Å². The fraction of sp³-hybridized carbons (Fsp3) is 0.0833. The summed E-state index contributed by atoms with van der Waals surface area (Å²) in [6.45, 7) is 0. The van der Waals surface area contributed by atoms with Gasteiger partial charge in [0.05, 0.1) is 0 Å². The molecule has 0 unspecified atom stereocenters. The van der Waals surface area contributed by atoms with Crippen LogP contribution in [0.4, 0.5) is 5.69 Å². The first-order valence-electron chi connectivity index (χ1n) is 4.65. The van der Waals surface area contributed by atoms with Crippen molar-refractivity contribution in [2.45, 2.75) is 6.42 Å². The maximum absolute atomic E-state index is 4.28. The van der Waals surface area contributed by atoms with Crippen molar-refractivity contribution in [1.29, 1.82) is 0 Å². The number of allylic oxidation sites excluding steroid dienone is 2. The van der Waals surface area contributed by atoms with Crippen LogP contribution in [-0.4, -0.2) is 5.84 Å². The lowest BCUT2D eigenvalue weighted by Crippen LogP contribution is -2.09. The van der Waals surface area contributed by atoms with E-state index in [-0.39, 0.29) is 0 Å². The van der Waals surface area contributed by atoms with Crippen molar-refractivity contribution in [2.24, 2.45) is 4.99 Å². The van der Waals surface area contributed by atoms with Crippen molar-refractivity contribution < 1.29 is 0 Å². The summed E-state index contributed by atoms with van der Waals surface area (Å²) >= 11 is 0. The van der Waals surface area contributed by atoms with E-state index < -0.39 is 0 Å². The number of hydrogen-bond donors (Lipinski definition) is 1. The molecule has 1 heterocycles. The van der Waals surface area contributed by atoms with E-state index in [1.165, 1.54) is 0 Å². The van der Waals surface area contributed by atoms with Crippen LogP contribution in [0.1, 0.15) is 6.42 Å². The van der Waals surface area contributed by atoms with E-state index in [1.807, 2.05) is 42.5 Å². The maximum atomic E-state index is 4.28. The number of aliphatic imine (C=N–C) groups is 1. The lowest BCUT2D eigenvalue weighted by Gasteiger charge is -2.06. The van der Waals surface area contributed by atoms with Crippen LogP contribution in [0.3, 0.4) is 0 Å². The second-order valence-corrected chi connectivity index (χ2v) is 3.04. The molecule has 0 amide bonds. The van der Waals surface area contributed by atoms with Gasteiger partial charge in [-0.25, -0.2) is 4.99 Å². The Morgan fingerprint density at radius 2 is 1.93 bits per heavy atom. The molecule has 2 rings (SSSR count). The number of para-hydroxylation sites is 1. The van der Waals surface area contributed by atoms with Crippen molar-refractivity contribution in [3.63, 3.8) is 0 Å². The van der Waals surface area contributed by atoms with Crippen LogP contribution in [-0.2, 0) is 0 Å². The second-order valence-electron chi connectivity index (χ2n) is 3.04. The Bertz CT molecular complexity index is 375. The van der Waals surface area contributed by atoms with Gasteiger partial charge in [-0.2, -0.15) is 0 Å². The molecular weight excluding hydrogens is 172 g/mol. The molecule has 0 spiro atoms. The van der Waals surface area contributed by atoms with Gasteiger partial charge in [-0.1, -0.05) is 30.4 Å². The van der Waals surface area contributed by atoms with E-state index in [0.717, 1.165) is 17.9 Å². The monoisotopic (exact) mass is 184 g/mol. The van der Waals surface area contributed by atoms with E-state index in [4.69, 9.17) is 0 Å². The first kappa shape index (κ1) is 8.75. The largest absolute Gasteiger partial charge is 0.344 e. The van der Waals surface area contributed by atoms with Crippen LogP contribution in [0.15, 0.2) is 59.8 Å². The third-order valence-electron chi connectivity index (χ3n) is 1.94. The van der Waals surface area contributed by atoms with Gasteiger partial charge in [0.25, 0.3) is 0 Å². The number of hydrogen-bond acceptors (Lipinski definition) is 2. The third kappa shape index (κ3) is 2.33. The van der Waals surface area contributed by atoms with Gasteiger partial charge < -0.3 is 5.32 Å². The van der Waals surface area contributed by atoms with Gasteiger partial charge in [0.2, 0.25) is 0 Å². The normalized spacial score (nSPS) is 14.7. The SMILES string of the molecule is C1=CCC(Nc2ccccc2)=NC=C1. The van der Waals surface area contributed by atoms with Gasteiger partial charge in [-0.05, 0) is 18.2 Å². The molecule has 0 atom stereocenters. The average molecular weight is 184 g/mol. The van der Waals surface area contributed by atoms with E-state index >= 15 is 0 Å². The number of nitrogens with one attached hydrogen (secondary N) is 1. The second kappa shape index (κ2) is 4.42. The summed E-state index contributed by atoms with van der Waals surface area (Å²) in [5.74, 6) is 0.973. The Morgan fingerprint density at radius 1 is 1.07 bits per heavy atom. The Kier molecular flexibility index (Phi) is 2.76. The quantitative estimate of drug-likeness (QED) is 0.713. The summed E-state index contributed by atoms with van der Waals surface area (Å²) in [4.78, 5) is 4.28. The molecule has 0 aromatic heterocycles. The van der Waals surface area contributed by atoms with Gasteiger partial charge in [0.15, 0.2) is 0 Å². The summed E-state index contributed by atoms with van der Waals surface area (Å²) in [6.07, 6.45) is 8.66. The van der Waals surface area contributed by atoms with E-state index in [0.29, 0.717) is 0 Å². The fourth-order valence-corrected chi connectivity index (χ4v) is 1.27. The topological polar surface area (TPSA) is 24.4 Å². The lowest BCUT2D eigenvalue weighted by atomic mass is 10.3. The third-order valence-corrected chi connectivity index (χ3v) is 1.94. The fourth-order valence-electron chi connectivity index (χ4n) is 1.27. The minimum absolute atomic E-state index is 0.849. The molecule has 14 heavy (non-hydrogen) atoms. The van der Waals surface area contributed by atoms with Crippen molar-refractivity contribution in [2.75, 3.05) is 5.32 Å². The zero-order valence-corrected chi connectivity index (χ0v) is 7.85. The average Bonchev–Trinajstić information content (AvgIpc) is 2.48. The summed E-state index contributed by atoms with van der Waals surface area (Å²) in [7, 11) is 0. The number of nitrogens with zero attached hydrogens (tertiary/aromatic N) is 1. The molecule has 0 fully saturated rings. The van der Waals surface area contributed by atoms with Crippen molar-refractivity contribution in [1.82, 2.24) is 0 Å². The molecule has 0 saturated carbocycles. The van der Waals surface area contributed by atoms with Gasteiger partial charge >= 0.3 is 0 Å². The molecule has 0 bridgehead atoms. The predicted molar refractivity (Wildman–Crippen MR) is 60.4 cm³/mol. The van der Waals surface area contributed by atoms with E-state index in [9.17, 15) is 0 Å². The molecule has 1 aromatic carbocycles. The Balaban J connectivity index is 2.08. The zero-order valence-electron chi connectivity index (χ0n) is 7.85. The van der Waals surface area contributed by atoms with Crippen LogP contribution in [0.25, 0.3) is 0 Å². The van der Waals surface area contributed by atoms with Gasteiger partial charge in [-0.3, -0.25) is 0 Å². The molecule has 0 saturated heterocycles. The van der Waals surface area contributed by atoms with E-state index in [1.54, 1.807) is 6.20 Å². The maximum Gasteiger partial charge on any atom is 0.110 e. The number of benzene rings is 1. The highest BCUT2D eigenvalue weighted by Crippen LogP contribution is 2.07. The van der Waals surface area contributed by atoms with Crippen molar-refractivity contribution in [3.05, 3.63) is 54.8 Å². The molecule has 2 heteroatoms. The van der Waals surface area contributed by atoms with Crippen LogP contribution < -0.4 is 5.32 Å². The Hall–Kier alpha value is -1.83. The molecule has 1 aliphatic heterocycles. The standard InChI is InChI=1S/C12H12N2/c1-3-7-11(8-4-1)14-12-9-5-2-6-10-13-12/h1-8,10H,9H2,(H,13,14).